The molecule has 2 aromatic rings. The van der Waals surface area contributed by atoms with Crippen molar-refractivity contribution in [2.24, 2.45) is 0 Å². The van der Waals surface area contributed by atoms with Crippen molar-refractivity contribution < 1.29 is 14.2 Å². The van der Waals surface area contributed by atoms with Gasteiger partial charge >= 0.3 is 0 Å². The molecule has 0 amide bonds. The first kappa shape index (κ1) is 17.6. The fourth-order valence-corrected chi connectivity index (χ4v) is 2.72. The van der Waals surface area contributed by atoms with Crippen LogP contribution >= 0.6 is 0 Å². The van der Waals surface area contributed by atoms with Gasteiger partial charge in [-0.3, -0.25) is 4.90 Å². The largest absolute Gasteiger partial charge is 0.494 e. The van der Waals surface area contributed by atoms with Gasteiger partial charge in [0.05, 0.1) is 19.8 Å². The van der Waals surface area contributed by atoms with Gasteiger partial charge in [-0.15, -0.1) is 0 Å². The van der Waals surface area contributed by atoms with E-state index in [-0.39, 0.29) is 0 Å². The van der Waals surface area contributed by atoms with Crippen molar-refractivity contribution in [2.45, 2.75) is 6.92 Å². The third kappa shape index (κ3) is 5.66. The van der Waals surface area contributed by atoms with Crippen LogP contribution in [0, 0.1) is 0 Å². The third-order valence-electron chi connectivity index (χ3n) is 4.09. The Labute approximate surface area is 149 Å². The molecule has 0 aliphatic carbocycles. The second-order valence-electron chi connectivity index (χ2n) is 5.91. The number of nitrogens with zero attached hydrogens (tertiary/aromatic N) is 1. The van der Waals surface area contributed by atoms with E-state index in [1.165, 1.54) is 0 Å². The Kier molecular flexibility index (Phi) is 6.54. The SMILES string of the molecule is CCOc1ccc(Nc2ccc(OCCN3CCOCC3)cc2)cc1. The molecule has 0 saturated carbocycles. The Morgan fingerprint density at radius 3 is 2.00 bits per heavy atom. The molecule has 1 aliphatic heterocycles. The highest BCUT2D eigenvalue weighted by atomic mass is 16.5. The number of anilines is 2. The van der Waals surface area contributed by atoms with Gasteiger partial charge < -0.3 is 19.5 Å². The lowest BCUT2D eigenvalue weighted by Gasteiger charge is -2.26. The highest BCUT2D eigenvalue weighted by Crippen LogP contribution is 2.22. The summed E-state index contributed by atoms with van der Waals surface area (Å²) in [5.41, 5.74) is 2.06. The molecule has 1 heterocycles. The molecule has 0 unspecified atom stereocenters. The Morgan fingerprint density at radius 2 is 1.44 bits per heavy atom. The molecule has 0 radical (unpaired) electrons. The molecular formula is C20H26N2O3. The maximum Gasteiger partial charge on any atom is 0.119 e. The number of rotatable bonds is 8. The normalized spacial score (nSPS) is 14.9. The monoisotopic (exact) mass is 342 g/mol. The molecular weight excluding hydrogens is 316 g/mol. The molecule has 5 nitrogen and oxygen atoms in total. The van der Waals surface area contributed by atoms with Crippen LogP contribution in [0.3, 0.4) is 0 Å². The molecule has 2 aromatic carbocycles. The van der Waals surface area contributed by atoms with Crippen molar-refractivity contribution in [3.8, 4) is 11.5 Å². The van der Waals surface area contributed by atoms with Crippen LogP contribution in [-0.2, 0) is 4.74 Å². The molecule has 25 heavy (non-hydrogen) atoms. The van der Waals surface area contributed by atoms with Gasteiger partial charge in [0.2, 0.25) is 0 Å². The van der Waals surface area contributed by atoms with Crippen LogP contribution in [0.15, 0.2) is 48.5 Å². The summed E-state index contributed by atoms with van der Waals surface area (Å²) in [4.78, 5) is 2.37. The highest BCUT2D eigenvalue weighted by Gasteiger charge is 2.09. The quantitative estimate of drug-likeness (QED) is 0.795. The number of hydrogen-bond acceptors (Lipinski definition) is 5. The van der Waals surface area contributed by atoms with E-state index in [2.05, 4.69) is 10.2 Å². The molecule has 0 spiro atoms. The first-order chi connectivity index (χ1) is 12.3. The molecule has 3 rings (SSSR count). The van der Waals surface area contributed by atoms with E-state index < -0.39 is 0 Å². The maximum atomic E-state index is 5.83. The van der Waals surface area contributed by atoms with Gasteiger partial charge in [0.15, 0.2) is 0 Å². The number of nitrogens with one attached hydrogen (secondary N) is 1. The van der Waals surface area contributed by atoms with Crippen molar-refractivity contribution in [1.82, 2.24) is 4.90 Å². The van der Waals surface area contributed by atoms with Gasteiger partial charge in [0.25, 0.3) is 0 Å². The zero-order valence-electron chi connectivity index (χ0n) is 14.7. The van der Waals surface area contributed by atoms with E-state index in [1.54, 1.807) is 0 Å². The first-order valence-electron chi connectivity index (χ1n) is 8.86. The van der Waals surface area contributed by atoms with E-state index in [4.69, 9.17) is 14.2 Å². The Hall–Kier alpha value is -2.24. The molecule has 134 valence electrons. The lowest BCUT2D eigenvalue weighted by molar-refractivity contribution is 0.0322. The van der Waals surface area contributed by atoms with Gasteiger partial charge in [-0.25, -0.2) is 0 Å². The summed E-state index contributed by atoms with van der Waals surface area (Å²) in [6, 6.07) is 16.0. The topological polar surface area (TPSA) is 43.0 Å². The van der Waals surface area contributed by atoms with Crippen molar-refractivity contribution >= 4 is 11.4 Å². The Bertz CT molecular complexity index is 622. The molecule has 1 saturated heterocycles. The standard InChI is InChI=1S/C20H26N2O3/c1-2-24-19-7-3-17(4-8-19)21-18-5-9-20(10-6-18)25-16-13-22-11-14-23-15-12-22/h3-10,21H,2,11-16H2,1H3. The predicted molar refractivity (Wildman–Crippen MR) is 100 cm³/mol. The van der Waals surface area contributed by atoms with E-state index in [0.717, 1.165) is 55.7 Å². The molecule has 0 atom stereocenters. The Balaban J connectivity index is 1.44. The van der Waals surface area contributed by atoms with E-state index in [1.807, 2.05) is 55.5 Å². The van der Waals surface area contributed by atoms with Crippen LogP contribution in [0.25, 0.3) is 0 Å². The van der Waals surface area contributed by atoms with E-state index in [0.29, 0.717) is 13.2 Å². The fourth-order valence-electron chi connectivity index (χ4n) is 2.72. The highest BCUT2D eigenvalue weighted by molar-refractivity contribution is 5.60. The van der Waals surface area contributed by atoms with E-state index >= 15 is 0 Å². The van der Waals surface area contributed by atoms with Crippen LogP contribution in [0.4, 0.5) is 11.4 Å². The second-order valence-corrected chi connectivity index (χ2v) is 5.91. The summed E-state index contributed by atoms with van der Waals surface area (Å²) in [5.74, 6) is 1.78. The lowest BCUT2D eigenvalue weighted by atomic mass is 10.2. The zero-order valence-corrected chi connectivity index (χ0v) is 14.7. The molecule has 0 aromatic heterocycles. The number of benzene rings is 2. The third-order valence-corrected chi connectivity index (χ3v) is 4.09. The minimum atomic E-state index is 0.680. The van der Waals surface area contributed by atoms with Gasteiger partial charge in [0, 0.05) is 31.0 Å². The lowest BCUT2D eigenvalue weighted by Crippen LogP contribution is -2.38. The van der Waals surface area contributed by atoms with Crippen molar-refractivity contribution in [2.75, 3.05) is 51.4 Å². The van der Waals surface area contributed by atoms with Crippen molar-refractivity contribution in [3.63, 3.8) is 0 Å². The fraction of sp³-hybridized carbons (Fsp3) is 0.400. The molecule has 1 N–H and O–H groups in total. The summed E-state index contributed by atoms with van der Waals surface area (Å²) in [6.07, 6.45) is 0. The summed E-state index contributed by atoms with van der Waals surface area (Å²) < 4.78 is 16.6. The van der Waals surface area contributed by atoms with Crippen molar-refractivity contribution in [1.29, 1.82) is 0 Å². The van der Waals surface area contributed by atoms with Gasteiger partial charge in [-0.05, 0) is 55.5 Å². The van der Waals surface area contributed by atoms with Crippen LogP contribution in [0.5, 0.6) is 11.5 Å². The zero-order chi connectivity index (χ0) is 17.3. The minimum absolute atomic E-state index is 0.680. The summed E-state index contributed by atoms with van der Waals surface area (Å²) >= 11 is 0. The Morgan fingerprint density at radius 1 is 0.880 bits per heavy atom. The number of ether oxygens (including phenoxy) is 3. The van der Waals surface area contributed by atoms with Gasteiger partial charge in [-0.1, -0.05) is 0 Å². The van der Waals surface area contributed by atoms with Crippen molar-refractivity contribution in [3.05, 3.63) is 48.5 Å². The maximum absolute atomic E-state index is 5.83. The summed E-state index contributed by atoms with van der Waals surface area (Å²) in [5, 5.41) is 3.38. The van der Waals surface area contributed by atoms with Gasteiger partial charge in [0.1, 0.15) is 18.1 Å². The molecule has 0 bridgehead atoms. The minimum Gasteiger partial charge on any atom is -0.494 e. The number of morpholine rings is 1. The predicted octanol–water partition coefficient (Wildman–Crippen LogP) is 3.54. The first-order valence-corrected chi connectivity index (χ1v) is 8.86. The van der Waals surface area contributed by atoms with Crippen LogP contribution in [0.2, 0.25) is 0 Å². The average molecular weight is 342 g/mol. The summed E-state index contributed by atoms with van der Waals surface area (Å²) in [7, 11) is 0. The molecule has 5 heteroatoms. The average Bonchev–Trinajstić information content (AvgIpc) is 2.66. The number of hydrogen-bond donors (Lipinski definition) is 1. The van der Waals surface area contributed by atoms with Crippen LogP contribution < -0.4 is 14.8 Å². The molecule has 1 fully saturated rings. The summed E-state index contributed by atoms with van der Waals surface area (Å²) in [6.45, 7) is 7.94. The van der Waals surface area contributed by atoms with Crippen LogP contribution in [0.1, 0.15) is 6.92 Å². The second kappa shape index (κ2) is 9.30. The molecule has 1 aliphatic rings. The van der Waals surface area contributed by atoms with E-state index in [9.17, 15) is 0 Å². The van der Waals surface area contributed by atoms with Gasteiger partial charge in [-0.2, -0.15) is 0 Å². The smallest absolute Gasteiger partial charge is 0.119 e. The van der Waals surface area contributed by atoms with Crippen LogP contribution in [-0.4, -0.2) is 51.0 Å².